The number of nitrogens with zero attached hydrogens (tertiary/aromatic N) is 2. The summed E-state index contributed by atoms with van der Waals surface area (Å²) >= 11 is 9.64. The predicted molar refractivity (Wildman–Crippen MR) is 148 cm³/mol. The minimum atomic E-state index is -0.538. The van der Waals surface area contributed by atoms with Gasteiger partial charge in [0.25, 0.3) is 5.91 Å². The fraction of sp³-hybridized carbons (Fsp3) is 0.407. The molecule has 1 saturated heterocycles. The molecule has 2 aliphatic rings. The lowest BCUT2D eigenvalue weighted by Gasteiger charge is -2.38. The van der Waals surface area contributed by atoms with Crippen LogP contribution >= 0.6 is 27.5 Å². The number of methoxy groups -OCH3 is 1. The molecular weight excluding hydrogens is 563 g/mol. The molecule has 1 aliphatic carbocycles. The van der Waals surface area contributed by atoms with E-state index >= 15 is 4.39 Å². The van der Waals surface area contributed by atoms with Gasteiger partial charge in [-0.15, -0.1) is 0 Å². The highest BCUT2D eigenvalue weighted by Gasteiger charge is 2.33. The molecule has 3 aromatic rings. The van der Waals surface area contributed by atoms with Gasteiger partial charge in [0.15, 0.2) is 11.6 Å². The zero-order valence-corrected chi connectivity index (χ0v) is 23.2. The maximum atomic E-state index is 15.7. The van der Waals surface area contributed by atoms with E-state index in [9.17, 15) is 9.59 Å². The molecule has 2 unspecified atom stereocenters. The van der Waals surface area contributed by atoms with Gasteiger partial charge in [-0.1, -0.05) is 33.6 Å². The van der Waals surface area contributed by atoms with Crippen LogP contribution in [-0.4, -0.2) is 42.8 Å². The Hall–Kier alpha value is -2.62. The first-order valence-corrected chi connectivity index (χ1v) is 13.5. The van der Waals surface area contributed by atoms with Crippen molar-refractivity contribution in [2.24, 2.45) is 0 Å². The van der Waals surface area contributed by atoms with Gasteiger partial charge in [0.05, 0.1) is 18.0 Å². The van der Waals surface area contributed by atoms with Crippen LogP contribution in [0.2, 0.25) is 5.02 Å². The Labute approximate surface area is 228 Å². The number of rotatable bonds is 6. The monoisotopic (exact) mass is 590 g/mol. The Kier molecular flexibility index (Phi) is 7.22. The minimum Gasteiger partial charge on any atom is -0.492 e. The topological polar surface area (TPSA) is 75.6 Å². The number of pyridine rings is 1. The van der Waals surface area contributed by atoms with Crippen molar-refractivity contribution in [1.29, 1.82) is 0 Å². The Morgan fingerprint density at radius 1 is 1.24 bits per heavy atom. The summed E-state index contributed by atoms with van der Waals surface area (Å²) in [4.78, 5) is 28.7. The maximum Gasteiger partial charge on any atom is 0.257 e. The van der Waals surface area contributed by atoms with Crippen LogP contribution in [0, 0.1) is 5.82 Å². The number of fused-ring (bicyclic) bond motifs is 1. The first-order chi connectivity index (χ1) is 17.7. The fourth-order valence-corrected chi connectivity index (χ4v) is 5.92. The van der Waals surface area contributed by atoms with Crippen molar-refractivity contribution in [2.75, 3.05) is 25.1 Å². The van der Waals surface area contributed by atoms with E-state index in [1.807, 2.05) is 15.5 Å². The van der Waals surface area contributed by atoms with Gasteiger partial charge in [-0.2, -0.15) is 0 Å². The van der Waals surface area contributed by atoms with Gasteiger partial charge >= 0.3 is 0 Å². The van der Waals surface area contributed by atoms with E-state index in [2.05, 4.69) is 40.4 Å². The number of anilines is 1. The summed E-state index contributed by atoms with van der Waals surface area (Å²) in [6.45, 7) is 5.48. The van der Waals surface area contributed by atoms with Crippen molar-refractivity contribution in [3.8, 4) is 5.75 Å². The first-order valence-electron chi connectivity index (χ1n) is 12.4. The highest BCUT2D eigenvalue weighted by Crippen LogP contribution is 2.44. The standard InChI is InChI=1S/C27H29BrClFN4O3/c1-14-11-33(12-15(2)32-14)24-22(30)9-19-23(26(24)37-3)34(18-6-7-18)13-20(25(19)35)27(36)31-10-16-4-5-17(28)8-21(16)29/h4-5,8-9,13-15,18,32H,6-7,10-12H2,1-3H3,(H,31,36). The molecule has 1 aromatic heterocycles. The van der Waals surface area contributed by atoms with E-state index in [0.29, 0.717) is 35.1 Å². The van der Waals surface area contributed by atoms with E-state index in [1.54, 1.807) is 18.3 Å². The molecule has 2 fully saturated rings. The predicted octanol–water partition coefficient (Wildman–Crippen LogP) is 5.02. The van der Waals surface area contributed by atoms with Crippen LogP contribution < -0.4 is 25.7 Å². The largest absolute Gasteiger partial charge is 0.492 e. The molecule has 1 amide bonds. The van der Waals surface area contributed by atoms with Crippen molar-refractivity contribution in [3.05, 3.63) is 67.1 Å². The van der Waals surface area contributed by atoms with Crippen molar-refractivity contribution < 1.29 is 13.9 Å². The zero-order chi connectivity index (χ0) is 26.4. The van der Waals surface area contributed by atoms with E-state index in [1.165, 1.54) is 13.2 Å². The number of carbonyl (C=O) groups is 1. The van der Waals surface area contributed by atoms with Gasteiger partial charge < -0.3 is 24.8 Å². The quantitative estimate of drug-likeness (QED) is 0.421. The number of nitrogens with one attached hydrogen (secondary N) is 2. The van der Waals surface area contributed by atoms with E-state index < -0.39 is 17.2 Å². The van der Waals surface area contributed by atoms with Crippen molar-refractivity contribution >= 4 is 50.0 Å². The van der Waals surface area contributed by atoms with Gasteiger partial charge in [0.2, 0.25) is 5.43 Å². The Balaban J connectivity index is 1.58. The number of hydrogen-bond acceptors (Lipinski definition) is 5. The second kappa shape index (κ2) is 10.3. The van der Waals surface area contributed by atoms with Crippen molar-refractivity contribution in [3.63, 3.8) is 0 Å². The van der Waals surface area contributed by atoms with Crippen LogP contribution in [0.15, 0.2) is 39.7 Å². The normalized spacial score (nSPS) is 19.8. The number of halogens is 3. The second-order valence-electron chi connectivity index (χ2n) is 9.94. The molecule has 0 spiro atoms. The maximum absolute atomic E-state index is 15.7. The lowest BCUT2D eigenvalue weighted by atomic mass is 10.1. The molecule has 5 rings (SSSR count). The Bertz CT molecular complexity index is 1430. The van der Waals surface area contributed by atoms with E-state index in [-0.39, 0.29) is 35.6 Å². The number of carbonyl (C=O) groups excluding carboxylic acids is 1. The molecule has 7 nitrogen and oxygen atoms in total. The van der Waals surface area contributed by atoms with E-state index in [4.69, 9.17) is 16.3 Å². The van der Waals surface area contributed by atoms with Gasteiger partial charge in [-0.05, 0) is 50.5 Å². The molecular formula is C27H29BrClFN4O3. The number of benzene rings is 2. The van der Waals surface area contributed by atoms with Gasteiger partial charge in [0.1, 0.15) is 11.3 Å². The molecule has 10 heteroatoms. The number of hydrogen-bond donors (Lipinski definition) is 2. The van der Waals surface area contributed by atoms with Crippen LogP contribution in [0.25, 0.3) is 10.9 Å². The fourth-order valence-electron chi connectivity index (χ4n) is 5.18. The summed E-state index contributed by atoms with van der Waals surface area (Å²) in [6, 6.07) is 7.08. The summed E-state index contributed by atoms with van der Waals surface area (Å²) in [5.41, 5.74) is 1.03. The third kappa shape index (κ3) is 5.09. The van der Waals surface area contributed by atoms with Gasteiger partial charge in [0, 0.05) is 53.5 Å². The number of ether oxygens (including phenoxy) is 1. The first kappa shape index (κ1) is 26.0. The highest BCUT2D eigenvalue weighted by molar-refractivity contribution is 9.10. The van der Waals surface area contributed by atoms with Crippen molar-refractivity contribution in [2.45, 2.75) is 51.4 Å². The lowest BCUT2D eigenvalue weighted by Crippen LogP contribution is -2.54. The zero-order valence-electron chi connectivity index (χ0n) is 20.9. The molecule has 2 heterocycles. The van der Waals surface area contributed by atoms with E-state index in [0.717, 1.165) is 22.9 Å². The minimum absolute atomic E-state index is 0.0359. The number of piperazine rings is 1. The third-order valence-electron chi connectivity index (χ3n) is 6.92. The Morgan fingerprint density at radius 2 is 1.95 bits per heavy atom. The van der Waals surface area contributed by atoms with Crippen LogP contribution in [0.3, 0.4) is 0 Å². The second-order valence-corrected chi connectivity index (χ2v) is 11.3. The average molecular weight is 592 g/mol. The molecule has 2 atom stereocenters. The smallest absolute Gasteiger partial charge is 0.257 e. The van der Waals surface area contributed by atoms with Crippen molar-refractivity contribution in [1.82, 2.24) is 15.2 Å². The molecule has 0 bridgehead atoms. The molecule has 1 saturated carbocycles. The number of amides is 1. The molecule has 196 valence electrons. The average Bonchev–Trinajstić information content (AvgIpc) is 3.68. The number of aromatic nitrogens is 1. The Morgan fingerprint density at radius 3 is 2.57 bits per heavy atom. The summed E-state index contributed by atoms with van der Waals surface area (Å²) in [7, 11) is 1.50. The SMILES string of the molecule is COc1c(N2CC(C)NC(C)C2)c(F)cc2c(=O)c(C(=O)NCc3ccc(Br)cc3Cl)cn(C3CC3)c12. The summed E-state index contributed by atoms with van der Waals surface area (Å²) < 4.78 is 24.2. The van der Waals surface area contributed by atoms with Crippen LogP contribution in [0.1, 0.15) is 48.7 Å². The summed E-state index contributed by atoms with van der Waals surface area (Å²) in [5.74, 6) is -0.744. The molecule has 2 N–H and O–H groups in total. The van der Waals surface area contributed by atoms with Crippen LogP contribution in [0.5, 0.6) is 5.75 Å². The highest BCUT2D eigenvalue weighted by atomic mass is 79.9. The van der Waals surface area contributed by atoms with Crippen LogP contribution in [0.4, 0.5) is 10.1 Å². The van der Waals surface area contributed by atoms with Gasteiger partial charge in [-0.3, -0.25) is 9.59 Å². The molecule has 2 aromatic carbocycles. The summed E-state index contributed by atoms with van der Waals surface area (Å²) in [6.07, 6.45) is 3.41. The molecule has 1 aliphatic heterocycles. The summed E-state index contributed by atoms with van der Waals surface area (Å²) in [5, 5.41) is 6.88. The molecule has 37 heavy (non-hydrogen) atoms. The van der Waals surface area contributed by atoms with Gasteiger partial charge in [-0.25, -0.2) is 4.39 Å². The van der Waals surface area contributed by atoms with Crippen LogP contribution in [-0.2, 0) is 6.54 Å². The third-order valence-corrected chi connectivity index (χ3v) is 7.76. The molecule has 0 radical (unpaired) electrons. The lowest BCUT2D eigenvalue weighted by molar-refractivity contribution is 0.0949.